The van der Waals surface area contributed by atoms with Crippen molar-refractivity contribution in [3.05, 3.63) is 33.2 Å². The zero-order valence-corrected chi connectivity index (χ0v) is 14.0. The van der Waals surface area contributed by atoms with Gasteiger partial charge in [-0.05, 0) is 40.5 Å². The summed E-state index contributed by atoms with van der Waals surface area (Å²) in [6.45, 7) is 2.26. The number of aromatic nitrogens is 2. The Morgan fingerprint density at radius 3 is 2.95 bits per heavy atom. The van der Waals surface area contributed by atoms with E-state index >= 15 is 0 Å². The van der Waals surface area contributed by atoms with Crippen molar-refractivity contribution in [1.29, 1.82) is 0 Å². The Kier molecular flexibility index (Phi) is 5.66. The van der Waals surface area contributed by atoms with Crippen molar-refractivity contribution in [2.45, 2.75) is 13.5 Å². The largest absolute Gasteiger partial charge is 0.483 e. The Morgan fingerprint density at radius 2 is 2.24 bits per heavy atom. The number of nitrogens with one attached hydrogen (secondary N) is 1. The van der Waals surface area contributed by atoms with E-state index in [1.54, 1.807) is 7.11 Å². The molecule has 1 N–H and O–H groups in total. The van der Waals surface area contributed by atoms with E-state index in [1.807, 2.05) is 25.1 Å². The molecule has 1 amide bonds. The number of hydrogen-bond acceptors (Lipinski definition) is 6. The number of amides is 1. The predicted octanol–water partition coefficient (Wildman–Crippen LogP) is 2.77. The number of methoxy groups -OCH3 is 1. The zero-order valence-electron chi connectivity index (χ0n) is 11.6. The minimum atomic E-state index is -0.289. The standard InChI is InChI=1S/C13H14BrN3O3S/c1-8-3-4-10(9(14)5-8)20-6-11(18)15-13-17-16-12(21-13)7-19-2/h3-5H,6-7H2,1-2H3,(H,15,17,18). The molecule has 8 heteroatoms. The number of nitrogens with zero attached hydrogens (tertiary/aromatic N) is 2. The molecular formula is C13H14BrN3O3S. The molecule has 0 radical (unpaired) electrons. The molecule has 6 nitrogen and oxygen atoms in total. The fraction of sp³-hybridized carbons (Fsp3) is 0.308. The first-order valence-electron chi connectivity index (χ1n) is 6.08. The van der Waals surface area contributed by atoms with Gasteiger partial charge in [0.1, 0.15) is 17.4 Å². The summed E-state index contributed by atoms with van der Waals surface area (Å²) in [5.41, 5.74) is 1.11. The molecule has 1 aromatic heterocycles. The van der Waals surface area contributed by atoms with Crippen molar-refractivity contribution in [1.82, 2.24) is 10.2 Å². The van der Waals surface area contributed by atoms with Crippen molar-refractivity contribution >= 4 is 38.3 Å². The Morgan fingerprint density at radius 1 is 1.43 bits per heavy atom. The lowest BCUT2D eigenvalue weighted by atomic mass is 10.2. The highest BCUT2D eigenvalue weighted by molar-refractivity contribution is 9.10. The van der Waals surface area contributed by atoms with E-state index in [-0.39, 0.29) is 12.5 Å². The molecule has 0 unspecified atom stereocenters. The van der Waals surface area contributed by atoms with Crippen LogP contribution in [0.2, 0.25) is 0 Å². The van der Waals surface area contributed by atoms with Gasteiger partial charge in [-0.1, -0.05) is 17.4 Å². The summed E-state index contributed by atoms with van der Waals surface area (Å²) in [7, 11) is 1.58. The van der Waals surface area contributed by atoms with E-state index < -0.39 is 0 Å². The third-order valence-electron chi connectivity index (χ3n) is 2.43. The number of benzene rings is 1. The lowest BCUT2D eigenvalue weighted by molar-refractivity contribution is -0.118. The molecule has 0 spiro atoms. The average Bonchev–Trinajstić information content (AvgIpc) is 2.85. The normalized spacial score (nSPS) is 10.4. The maximum absolute atomic E-state index is 11.8. The molecule has 0 aliphatic heterocycles. The number of halogens is 1. The van der Waals surface area contributed by atoms with Crippen LogP contribution in [0.15, 0.2) is 22.7 Å². The summed E-state index contributed by atoms with van der Waals surface area (Å²) in [6, 6.07) is 5.66. The van der Waals surface area contributed by atoms with Crippen LogP contribution in [0.1, 0.15) is 10.6 Å². The highest BCUT2D eigenvalue weighted by Crippen LogP contribution is 2.25. The molecular weight excluding hydrogens is 358 g/mol. The van der Waals surface area contributed by atoms with Gasteiger partial charge in [0.25, 0.3) is 5.91 Å². The van der Waals surface area contributed by atoms with Crippen LogP contribution in [0, 0.1) is 6.92 Å². The summed E-state index contributed by atoms with van der Waals surface area (Å²) < 4.78 is 11.2. The van der Waals surface area contributed by atoms with Gasteiger partial charge in [0.2, 0.25) is 5.13 Å². The minimum absolute atomic E-state index is 0.0964. The molecule has 0 aliphatic rings. The molecule has 21 heavy (non-hydrogen) atoms. The van der Waals surface area contributed by atoms with E-state index in [1.165, 1.54) is 11.3 Å². The molecule has 0 atom stereocenters. The highest BCUT2D eigenvalue weighted by Gasteiger charge is 2.10. The van der Waals surface area contributed by atoms with Gasteiger partial charge in [-0.2, -0.15) is 0 Å². The van der Waals surface area contributed by atoms with Crippen molar-refractivity contribution < 1.29 is 14.3 Å². The summed E-state index contributed by atoms with van der Waals surface area (Å²) in [5.74, 6) is 0.329. The third-order valence-corrected chi connectivity index (χ3v) is 3.86. The van der Waals surface area contributed by atoms with E-state index in [9.17, 15) is 4.79 Å². The SMILES string of the molecule is COCc1nnc(NC(=O)COc2ccc(C)cc2Br)s1. The number of rotatable bonds is 6. The fourth-order valence-electron chi connectivity index (χ4n) is 1.51. The number of carbonyl (C=O) groups excluding carboxylic acids is 1. The van der Waals surface area contributed by atoms with Gasteiger partial charge in [-0.25, -0.2) is 0 Å². The monoisotopic (exact) mass is 371 g/mol. The second kappa shape index (κ2) is 7.48. The molecule has 2 rings (SSSR count). The van der Waals surface area contributed by atoms with Crippen molar-refractivity contribution in [2.75, 3.05) is 19.0 Å². The van der Waals surface area contributed by atoms with E-state index in [0.717, 1.165) is 10.0 Å². The van der Waals surface area contributed by atoms with Crippen molar-refractivity contribution in [3.8, 4) is 5.75 Å². The van der Waals surface area contributed by atoms with Crippen LogP contribution in [-0.4, -0.2) is 29.8 Å². The first kappa shape index (κ1) is 15.9. The second-order valence-electron chi connectivity index (χ2n) is 4.20. The van der Waals surface area contributed by atoms with Gasteiger partial charge >= 0.3 is 0 Å². The topological polar surface area (TPSA) is 73.3 Å². The maximum atomic E-state index is 11.8. The number of ether oxygens (including phenoxy) is 2. The van der Waals surface area contributed by atoms with Gasteiger partial charge in [-0.3, -0.25) is 10.1 Å². The molecule has 112 valence electrons. The van der Waals surface area contributed by atoms with Crippen molar-refractivity contribution in [2.24, 2.45) is 0 Å². The van der Waals surface area contributed by atoms with Crippen LogP contribution >= 0.6 is 27.3 Å². The van der Waals surface area contributed by atoms with Gasteiger partial charge < -0.3 is 9.47 Å². The summed E-state index contributed by atoms with van der Waals surface area (Å²) in [4.78, 5) is 11.8. The fourth-order valence-corrected chi connectivity index (χ4v) is 2.84. The Labute approximate surface area is 134 Å². The lowest BCUT2D eigenvalue weighted by Crippen LogP contribution is -2.20. The van der Waals surface area contributed by atoms with Crippen LogP contribution in [0.4, 0.5) is 5.13 Å². The quantitative estimate of drug-likeness (QED) is 0.844. The van der Waals surface area contributed by atoms with Crippen LogP contribution < -0.4 is 10.1 Å². The van der Waals surface area contributed by atoms with Gasteiger partial charge in [0, 0.05) is 7.11 Å². The first-order chi connectivity index (χ1) is 10.1. The third kappa shape index (κ3) is 4.76. The molecule has 0 saturated heterocycles. The van der Waals surface area contributed by atoms with Crippen molar-refractivity contribution in [3.63, 3.8) is 0 Å². The van der Waals surface area contributed by atoms with Crippen LogP contribution in [0.25, 0.3) is 0 Å². The lowest BCUT2D eigenvalue weighted by Gasteiger charge is -2.08. The van der Waals surface area contributed by atoms with Crippen LogP contribution in [-0.2, 0) is 16.1 Å². The zero-order chi connectivity index (χ0) is 15.2. The molecule has 0 aliphatic carbocycles. The Balaban J connectivity index is 1.86. The second-order valence-corrected chi connectivity index (χ2v) is 6.12. The molecule has 0 saturated carbocycles. The molecule has 0 bridgehead atoms. The molecule has 0 fully saturated rings. The summed E-state index contributed by atoms with van der Waals surface area (Å²) in [5, 5.41) is 11.5. The van der Waals surface area contributed by atoms with E-state index in [0.29, 0.717) is 22.5 Å². The number of aryl methyl sites for hydroxylation is 1. The minimum Gasteiger partial charge on any atom is -0.483 e. The summed E-state index contributed by atoms with van der Waals surface area (Å²) >= 11 is 4.66. The average molecular weight is 372 g/mol. The number of anilines is 1. The highest BCUT2D eigenvalue weighted by atomic mass is 79.9. The summed E-state index contributed by atoms with van der Waals surface area (Å²) in [6.07, 6.45) is 0. The first-order valence-corrected chi connectivity index (χ1v) is 7.69. The van der Waals surface area contributed by atoms with Gasteiger partial charge in [-0.15, -0.1) is 10.2 Å². The Bertz CT molecular complexity index is 633. The molecule has 1 aromatic carbocycles. The predicted molar refractivity (Wildman–Crippen MR) is 83.6 cm³/mol. The van der Waals surface area contributed by atoms with Gasteiger partial charge in [0.15, 0.2) is 6.61 Å². The maximum Gasteiger partial charge on any atom is 0.264 e. The number of hydrogen-bond donors (Lipinski definition) is 1. The van der Waals surface area contributed by atoms with E-state index in [2.05, 4.69) is 31.4 Å². The number of carbonyl (C=O) groups is 1. The Hall–Kier alpha value is -1.51. The van der Waals surface area contributed by atoms with Crippen LogP contribution in [0.3, 0.4) is 0 Å². The molecule has 1 heterocycles. The van der Waals surface area contributed by atoms with Crippen LogP contribution in [0.5, 0.6) is 5.75 Å². The molecule has 2 aromatic rings. The van der Waals surface area contributed by atoms with Gasteiger partial charge in [0.05, 0.1) is 4.47 Å². The smallest absolute Gasteiger partial charge is 0.264 e. The van der Waals surface area contributed by atoms with E-state index in [4.69, 9.17) is 9.47 Å².